The van der Waals surface area contributed by atoms with Crippen molar-refractivity contribution in [1.29, 1.82) is 0 Å². The number of carboxylic acid groups (broad SMARTS) is 1. The number of aliphatic carboxylic acids is 1. The van der Waals surface area contributed by atoms with Crippen LogP contribution in [0.5, 0.6) is 10.8 Å². The van der Waals surface area contributed by atoms with E-state index >= 15 is 0 Å². The number of benzene rings is 1. The molecule has 12 heteroatoms. The summed E-state index contributed by atoms with van der Waals surface area (Å²) in [5.74, 6) is -0.783. The van der Waals surface area contributed by atoms with Crippen molar-refractivity contribution in [2.75, 3.05) is 29.4 Å². The van der Waals surface area contributed by atoms with Crippen molar-refractivity contribution in [3.8, 4) is 23.7 Å². The normalized spacial score (nSPS) is 10.8. The van der Waals surface area contributed by atoms with Crippen LogP contribution in [0.4, 0.5) is 11.4 Å². The standard InChI is InChI=1S/C17H21N3O5S2.C4H8O2.3C2H6.C2H2/c1-4-15-19-16(17(26-15)24-5-2)27(22,23)20-8-9-25-14-7-6-12(10-13(14)20)18-11(3)21;1-3(2)4(5)6;4*1-2/h6-7,10H,4-5,8-9H2,1-3H3,(H,18,21);3H,1-2H3,(H,5,6);3*1-2H3;1-2H. The monoisotopic (exact) mass is 615 g/mol. The van der Waals surface area contributed by atoms with Crippen molar-refractivity contribution >= 4 is 44.6 Å². The molecular formula is C29H49N3O7S2. The van der Waals surface area contributed by atoms with Gasteiger partial charge in [-0.3, -0.25) is 13.9 Å². The number of rotatable bonds is 7. The summed E-state index contributed by atoms with van der Waals surface area (Å²) in [4.78, 5) is 25.3. The second-order valence-electron chi connectivity index (χ2n) is 7.27. The van der Waals surface area contributed by atoms with Crippen molar-refractivity contribution in [1.82, 2.24) is 4.98 Å². The summed E-state index contributed by atoms with van der Waals surface area (Å²) in [5, 5.41) is 11.6. The maximum atomic E-state index is 13.4. The first-order chi connectivity index (χ1) is 19.5. The summed E-state index contributed by atoms with van der Waals surface area (Å²) in [6, 6.07) is 4.89. The summed E-state index contributed by atoms with van der Waals surface area (Å²) in [5.41, 5.74) is 0.852. The number of carbonyl (C=O) groups is 2. The van der Waals surface area contributed by atoms with Gasteiger partial charge in [0.2, 0.25) is 16.0 Å². The van der Waals surface area contributed by atoms with E-state index in [0.717, 1.165) is 0 Å². The molecule has 0 fully saturated rings. The first kappa shape index (κ1) is 42.2. The number of aromatic nitrogens is 1. The summed E-state index contributed by atoms with van der Waals surface area (Å²) < 4.78 is 39.1. The SMILES string of the molecule is C#C.CC.CC.CC.CC(C)C(=O)O.CCOc1sc(CC)nc1S(=O)(=O)N1CCOc2ccc(NC(C)=O)cc21. The van der Waals surface area contributed by atoms with Gasteiger partial charge in [0.25, 0.3) is 10.0 Å². The number of hydrogen-bond donors (Lipinski definition) is 2. The van der Waals surface area contributed by atoms with E-state index in [-0.39, 0.29) is 30.0 Å². The Labute approximate surface area is 251 Å². The molecule has 0 saturated carbocycles. The third-order valence-corrected chi connectivity index (χ3v) is 7.28. The van der Waals surface area contributed by atoms with Gasteiger partial charge >= 0.3 is 5.97 Å². The lowest BCUT2D eigenvalue weighted by atomic mass is 10.2. The number of amides is 1. The third-order valence-electron chi connectivity index (χ3n) is 4.32. The van der Waals surface area contributed by atoms with Crippen LogP contribution >= 0.6 is 11.3 Å². The van der Waals surface area contributed by atoms with Crippen molar-refractivity contribution in [2.45, 2.75) is 87.6 Å². The zero-order chi connectivity index (χ0) is 32.8. The highest BCUT2D eigenvalue weighted by atomic mass is 32.2. The lowest BCUT2D eigenvalue weighted by molar-refractivity contribution is -0.140. The van der Waals surface area contributed by atoms with Crippen LogP contribution in [-0.4, -0.2) is 50.1 Å². The van der Waals surface area contributed by atoms with Crippen molar-refractivity contribution in [3.63, 3.8) is 0 Å². The third kappa shape index (κ3) is 13.7. The lowest BCUT2D eigenvalue weighted by Crippen LogP contribution is -2.38. The number of fused-ring (bicyclic) bond motifs is 1. The van der Waals surface area contributed by atoms with E-state index in [2.05, 4.69) is 23.1 Å². The second kappa shape index (κ2) is 23.4. The smallest absolute Gasteiger partial charge is 0.305 e. The summed E-state index contributed by atoms with van der Waals surface area (Å²) >= 11 is 1.24. The van der Waals surface area contributed by atoms with Gasteiger partial charge in [-0.25, -0.2) is 4.98 Å². The number of ether oxygens (including phenoxy) is 2. The van der Waals surface area contributed by atoms with Crippen LogP contribution in [0.1, 0.15) is 81.2 Å². The summed E-state index contributed by atoms with van der Waals surface area (Å²) in [6.45, 7) is 21.1. The molecule has 0 spiro atoms. The van der Waals surface area contributed by atoms with Crippen molar-refractivity contribution < 1.29 is 32.6 Å². The number of aryl methyl sites for hydroxylation is 1. The Kier molecular flexibility index (Phi) is 24.1. The number of carbonyl (C=O) groups excluding carboxylic acids is 1. The van der Waals surface area contributed by atoms with Gasteiger partial charge in [0, 0.05) is 12.6 Å². The van der Waals surface area contributed by atoms with E-state index in [0.29, 0.717) is 40.2 Å². The van der Waals surface area contributed by atoms with Crippen LogP contribution in [0.2, 0.25) is 0 Å². The number of nitrogens with zero attached hydrogens (tertiary/aromatic N) is 2. The highest BCUT2D eigenvalue weighted by Gasteiger charge is 2.35. The Hall–Kier alpha value is -3.30. The minimum atomic E-state index is -3.95. The molecule has 0 bridgehead atoms. The Bertz CT molecular complexity index is 1140. The van der Waals surface area contributed by atoms with Gasteiger partial charge in [0.15, 0.2) is 0 Å². The van der Waals surface area contributed by atoms with E-state index < -0.39 is 16.0 Å². The van der Waals surface area contributed by atoms with Crippen molar-refractivity contribution in [2.24, 2.45) is 5.92 Å². The van der Waals surface area contributed by atoms with Crippen LogP contribution in [0.25, 0.3) is 0 Å². The number of carboxylic acids is 1. The van der Waals surface area contributed by atoms with Crippen LogP contribution < -0.4 is 19.1 Å². The van der Waals surface area contributed by atoms with E-state index in [1.54, 1.807) is 39.0 Å². The molecule has 0 atom stereocenters. The summed E-state index contributed by atoms with van der Waals surface area (Å²) in [7, 11) is -3.95. The maximum Gasteiger partial charge on any atom is 0.305 e. The van der Waals surface area contributed by atoms with Crippen LogP contribution in [0.15, 0.2) is 23.2 Å². The molecule has 0 unspecified atom stereocenters. The predicted octanol–water partition coefficient (Wildman–Crippen LogP) is 6.71. The van der Waals surface area contributed by atoms with E-state index in [4.69, 9.17) is 14.6 Å². The van der Waals surface area contributed by atoms with Gasteiger partial charge in [-0.2, -0.15) is 8.42 Å². The number of sulfonamides is 1. The molecule has 0 saturated heterocycles. The molecule has 3 rings (SSSR count). The van der Waals surface area contributed by atoms with E-state index in [1.165, 1.54) is 22.6 Å². The van der Waals surface area contributed by atoms with Gasteiger partial charge < -0.3 is 19.9 Å². The maximum absolute atomic E-state index is 13.4. The first-order valence-corrected chi connectivity index (χ1v) is 16.0. The number of nitrogens with one attached hydrogen (secondary N) is 1. The highest BCUT2D eigenvalue weighted by Crippen LogP contribution is 2.40. The quantitative estimate of drug-likeness (QED) is 0.328. The van der Waals surface area contributed by atoms with Gasteiger partial charge in [-0.05, 0) is 31.5 Å². The lowest BCUT2D eigenvalue weighted by Gasteiger charge is -2.30. The van der Waals surface area contributed by atoms with E-state index in [9.17, 15) is 18.0 Å². The van der Waals surface area contributed by atoms with E-state index in [1.807, 2.05) is 48.5 Å². The van der Waals surface area contributed by atoms with Gasteiger partial charge in [-0.1, -0.05) is 73.7 Å². The fourth-order valence-electron chi connectivity index (χ4n) is 2.70. The fraction of sp³-hybridized carbons (Fsp3) is 0.552. The molecular weight excluding hydrogens is 566 g/mol. The second-order valence-corrected chi connectivity index (χ2v) is 10.1. The number of hydrogen-bond acceptors (Lipinski definition) is 8. The topological polar surface area (TPSA) is 135 Å². The average molecular weight is 616 g/mol. The molecule has 0 aliphatic carbocycles. The van der Waals surface area contributed by atoms with Crippen LogP contribution in [-0.2, 0) is 26.0 Å². The van der Waals surface area contributed by atoms with Crippen LogP contribution in [0.3, 0.4) is 0 Å². The Balaban J connectivity index is -0.000000880. The molecule has 2 aromatic rings. The number of anilines is 2. The molecule has 41 heavy (non-hydrogen) atoms. The molecule has 1 amide bonds. The highest BCUT2D eigenvalue weighted by molar-refractivity contribution is 7.93. The molecule has 1 aromatic heterocycles. The molecule has 1 aromatic carbocycles. The average Bonchev–Trinajstić information content (AvgIpc) is 3.41. The fourth-order valence-corrected chi connectivity index (χ4v) is 5.42. The Morgan fingerprint density at radius 3 is 2.12 bits per heavy atom. The number of terminal acetylenes is 1. The molecule has 2 heterocycles. The minimum absolute atomic E-state index is 0.0796. The predicted molar refractivity (Wildman–Crippen MR) is 170 cm³/mol. The number of thiazole rings is 1. The zero-order valence-corrected chi connectivity index (χ0v) is 28.0. The molecule has 234 valence electrons. The molecule has 2 N–H and O–H groups in total. The van der Waals surface area contributed by atoms with Crippen LogP contribution in [0, 0.1) is 18.8 Å². The summed E-state index contributed by atoms with van der Waals surface area (Å²) in [6.07, 6.45) is 8.62. The molecule has 0 radical (unpaired) electrons. The first-order valence-electron chi connectivity index (χ1n) is 13.8. The molecule has 1 aliphatic heterocycles. The van der Waals surface area contributed by atoms with Gasteiger partial charge in [0.05, 0.1) is 29.8 Å². The Morgan fingerprint density at radius 1 is 1.15 bits per heavy atom. The van der Waals surface area contributed by atoms with Gasteiger partial charge in [0.1, 0.15) is 12.4 Å². The zero-order valence-electron chi connectivity index (χ0n) is 26.4. The molecule has 10 nitrogen and oxygen atoms in total. The largest absolute Gasteiger partial charge is 0.489 e. The minimum Gasteiger partial charge on any atom is -0.489 e. The van der Waals surface area contributed by atoms with Crippen molar-refractivity contribution in [3.05, 3.63) is 23.2 Å². The molecule has 1 aliphatic rings. The Morgan fingerprint density at radius 2 is 1.68 bits per heavy atom. The van der Waals surface area contributed by atoms with Gasteiger partial charge in [-0.15, -0.1) is 12.8 Å².